The van der Waals surface area contributed by atoms with Crippen LogP contribution in [0.1, 0.15) is 24.1 Å². The van der Waals surface area contributed by atoms with Gasteiger partial charge in [-0.25, -0.2) is 0 Å². The number of rotatable bonds is 4. The number of ether oxygens (including phenoxy) is 1. The van der Waals surface area contributed by atoms with Gasteiger partial charge in [0.2, 0.25) is 0 Å². The van der Waals surface area contributed by atoms with E-state index < -0.39 is 0 Å². The molecule has 0 aliphatic rings. The van der Waals surface area contributed by atoms with Crippen LogP contribution in [0.2, 0.25) is 5.02 Å². The van der Waals surface area contributed by atoms with Gasteiger partial charge in [0.1, 0.15) is 5.75 Å². The van der Waals surface area contributed by atoms with Gasteiger partial charge in [-0.3, -0.25) is 0 Å². The Bertz CT molecular complexity index is 621. The highest BCUT2D eigenvalue weighted by Crippen LogP contribution is 2.32. The van der Waals surface area contributed by atoms with Gasteiger partial charge in [-0.2, -0.15) is 0 Å². The van der Waals surface area contributed by atoms with E-state index in [1.165, 1.54) is 0 Å². The van der Waals surface area contributed by atoms with Crippen molar-refractivity contribution in [1.29, 1.82) is 0 Å². The summed E-state index contributed by atoms with van der Waals surface area (Å²) in [7, 11) is 0. The van der Waals surface area contributed by atoms with Crippen LogP contribution in [0, 0.1) is 3.57 Å². The molecule has 0 amide bonds. The maximum atomic E-state index is 6.33. The summed E-state index contributed by atoms with van der Waals surface area (Å²) in [5.74, 6) is 0.830. The minimum atomic E-state index is -0.227. The van der Waals surface area contributed by atoms with E-state index in [0.29, 0.717) is 6.61 Å². The van der Waals surface area contributed by atoms with Crippen LogP contribution in [0.15, 0.2) is 40.9 Å². The fraction of sp³-hybridized carbons (Fsp3) is 0.200. The third kappa shape index (κ3) is 3.67. The first kappa shape index (κ1) is 16.1. The number of halogens is 3. The average Bonchev–Trinajstić information content (AvgIpc) is 2.42. The summed E-state index contributed by atoms with van der Waals surface area (Å²) in [5.41, 5.74) is 8.32. The summed E-state index contributed by atoms with van der Waals surface area (Å²) >= 11 is 11.9. The lowest BCUT2D eigenvalue weighted by Crippen LogP contribution is -2.12. The Morgan fingerprint density at radius 1 is 1.30 bits per heavy atom. The highest BCUT2D eigenvalue weighted by atomic mass is 127. The first-order valence-electron chi connectivity index (χ1n) is 6.15. The summed E-state index contributed by atoms with van der Waals surface area (Å²) in [6, 6.07) is 11.5. The fourth-order valence-corrected chi connectivity index (χ4v) is 3.03. The second-order valence-corrected chi connectivity index (χ2v) is 6.69. The molecule has 0 aromatic heterocycles. The molecule has 5 heteroatoms. The van der Waals surface area contributed by atoms with E-state index in [2.05, 4.69) is 38.5 Å². The Labute approximate surface area is 145 Å². The third-order valence-electron chi connectivity index (χ3n) is 2.92. The minimum Gasteiger partial charge on any atom is -0.494 e. The molecule has 0 spiro atoms. The van der Waals surface area contributed by atoms with Gasteiger partial charge >= 0.3 is 0 Å². The predicted molar refractivity (Wildman–Crippen MR) is 95.5 cm³/mol. The summed E-state index contributed by atoms with van der Waals surface area (Å²) in [5, 5.41) is 0.723. The van der Waals surface area contributed by atoms with Crippen LogP contribution in [0.3, 0.4) is 0 Å². The minimum absolute atomic E-state index is 0.227. The molecule has 0 bridgehead atoms. The van der Waals surface area contributed by atoms with Crippen LogP contribution in [0.5, 0.6) is 5.75 Å². The number of hydrogen-bond acceptors (Lipinski definition) is 2. The molecule has 0 radical (unpaired) electrons. The molecule has 2 aromatic rings. The second-order valence-electron chi connectivity index (χ2n) is 4.27. The highest BCUT2D eigenvalue weighted by Gasteiger charge is 2.14. The number of benzene rings is 2. The van der Waals surface area contributed by atoms with E-state index >= 15 is 0 Å². The van der Waals surface area contributed by atoms with Crippen LogP contribution in [0.4, 0.5) is 0 Å². The molecule has 106 valence electrons. The van der Waals surface area contributed by atoms with Gasteiger partial charge in [-0.1, -0.05) is 39.7 Å². The predicted octanol–water partition coefficient (Wildman–Crippen LogP) is 5.15. The van der Waals surface area contributed by atoms with Gasteiger partial charge in [0.05, 0.1) is 17.7 Å². The van der Waals surface area contributed by atoms with E-state index in [9.17, 15) is 0 Å². The number of hydrogen-bond donors (Lipinski definition) is 1. The Morgan fingerprint density at radius 2 is 2.05 bits per heavy atom. The SMILES string of the molecule is CCOc1ccc(C(N)c2ccc(I)c(Cl)c2)c(Br)c1. The standard InChI is InChI=1S/C15H14BrClINO/c1-2-20-10-4-5-11(12(16)8-10)15(19)9-3-6-14(18)13(17)7-9/h3-8,15H,2,19H2,1H3. The molecule has 0 saturated heterocycles. The monoisotopic (exact) mass is 465 g/mol. The quantitative estimate of drug-likeness (QED) is 0.633. The third-order valence-corrected chi connectivity index (χ3v) is 5.18. The summed E-state index contributed by atoms with van der Waals surface area (Å²) in [6.45, 7) is 2.60. The Balaban J connectivity index is 2.32. The molecule has 0 aliphatic heterocycles. The first-order chi connectivity index (χ1) is 9.52. The fourth-order valence-electron chi connectivity index (χ4n) is 1.90. The molecule has 20 heavy (non-hydrogen) atoms. The van der Waals surface area contributed by atoms with Crippen LogP contribution < -0.4 is 10.5 Å². The molecule has 2 aromatic carbocycles. The summed E-state index contributed by atoms with van der Waals surface area (Å²) in [4.78, 5) is 0. The van der Waals surface area contributed by atoms with Crippen molar-refractivity contribution < 1.29 is 4.74 Å². The van der Waals surface area contributed by atoms with Crippen LogP contribution in [0.25, 0.3) is 0 Å². The maximum Gasteiger partial charge on any atom is 0.120 e. The average molecular weight is 467 g/mol. The topological polar surface area (TPSA) is 35.2 Å². The van der Waals surface area contributed by atoms with Crippen LogP contribution in [-0.4, -0.2) is 6.61 Å². The van der Waals surface area contributed by atoms with Crippen molar-refractivity contribution in [3.8, 4) is 5.75 Å². The Hall–Kier alpha value is -0.300. The Morgan fingerprint density at radius 3 is 2.65 bits per heavy atom. The number of nitrogens with two attached hydrogens (primary N) is 1. The van der Waals surface area contributed by atoms with Crippen LogP contribution in [-0.2, 0) is 0 Å². The molecule has 2 N–H and O–H groups in total. The molecular weight excluding hydrogens is 452 g/mol. The molecule has 1 unspecified atom stereocenters. The van der Waals surface area contributed by atoms with E-state index in [1.54, 1.807) is 0 Å². The lowest BCUT2D eigenvalue weighted by Gasteiger charge is -2.16. The zero-order valence-electron chi connectivity index (χ0n) is 10.9. The van der Waals surface area contributed by atoms with E-state index in [-0.39, 0.29) is 6.04 Å². The molecule has 0 saturated carbocycles. The van der Waals surface area contributed by atoms with Crippen molar-refractivity contribution in [2.24, 2.45) is 5.73 Å². The van der Waals surface area contributed by atoms with Crippen molar-refractivity contribution in [3.05, 3.63) is 60.6 Å². The molecule has 0 fully saturated rings. The summed E-state index contributed by atoms with van der Waals surface area (Å²) in [6.07, 6.45) is 0. The van der Waals surface area contributed by atoms with Crippen molar-refractivity contribution in [2.45, 2.75) is 13.0 Å². The van der Waals surface area contributed by atoms with Gasteiger partial charge < -0.3 is 10.5 Å². The van der Waals surface area contributed by atoms with E-state index in [1.807, 2.05) is 43.3 Å². The lowest BCUT2D eigenvalue weighted by molar-refractivity contribution is 0.340. The molecule has 2 nitrogen and oxygen atoms in total. The lowest BCUT2D eigenvalue weighted by atomic mass is 10.00. The normalized spacial score (nSPS) is 12.2. The molecule has 0 aliphatic carbocycles. The molecule has 0 heterocycles. The second kappa shape index (κ2) is 7.11. The van der Waals surface area contributed by atoms with E-state index in [0.717, 1.165) is 29.9 Å². The van der Waals surface area contributed by atoms with Crippen molar-refractivity contribution in [1.82, 2.24) is 0 Å². The van der Waals surface area contributed by atoms with E-state index in [4.69, 9.17) is 22.1 Å². The van der Waals surface area contributed by atoms with Gasteiger partial charge in [0.15, 0.2) is 0 Å². The Kier molecular flexibility index (Phi) is 5.72. The molecular formula is C15H14BrClINO. The van der Waals surface area contributed by atoms with Gasteiger partial charge in [-0.15, -0.1) is 0 Å². The van der Waals surface area contributed by atoms with Gasteiger partial charge in [-0.05, 0) is 64.9 Å². The van der Waals surface area contributed by atoms with Gasteiger partial charge in [0.25, 0.3) is 0 Å². The first-order valence-corrected chi connectivity index (χ1v) is 8.40. The van der Waals surface area contributed by atoms with Crippen LogP contribution >= 0.6 is 50.1 Å². The van der Waals surface area contributed by atoms with Crippen molar-refractivity contribution >= 4 is 50.1 Å². The van der Waals surface area contributed by atoms with Crippen molar-refractivity contribution in [3.63, 3.8) is 0 Å². The van der Waals surface area contributed by atoms with Crippen molar-refractivity contribution in [2.75, 3.05) is 6.61 Å². The molecule has 1 atom stereocenters. The molecule has 2 rings (SSSR count). The largest absolute Gasteiger partial charge is 0.494 e. The highest BCUT2D eigenvalue weighted by molar-refractivity contribution is 14.1. The maximum absolute atomic E-state index is 6.33. The smallest absolute Gasteiger partial charge is 0.120 e. The van der Waals surface area contributed by atoms with Gasteiger partial charge in [0, 0.05) is 8.04 Å². The zero-order chi connectivity index (χ0) is 14.7. The zero-order valence-corrected chi connectivity index (χ0v) is 15.4. The summed E-state index contributed by atoms with van der Waals surface area (Å²) < 4.78 is 7.42.